The molecule has 2 aromatic carbocycles. The van der Waals surface area contributed by atoms with E-state index in [1.54, 1.807) is 25.1 Å². The lowest BCUT2D eigenvalue weighted by molar-refractivity contribution is -0.137. The number of anilines is 3. The van der Waals surface area contributed by atoms with E-state index >= 15 is 0 Å². The van der Waals surface area contributed by atoms with E-state index in [0.717, 1.165) is 17.7 Å². The van der Waals surface area contributed by atoms with Gasteiger partial charge in [-0.25, -0.2) is 9.37 Å². The molecule has 4 nitrogen and oxygen atoms in total. The molecule has 0 saturated carbocycles. The van der Waals surface area contributed by atoms with Crippen LogP contribution in [0.3, 0.4) is 0 Å². The van der Waals surface area contributed by atoms with E-state index in [2.05, 4.69) is 20.6 Å². The molecule has 1 heterocycles. The van der Waals surface area contributed by atoms with Gasteiger partial charge in [0, 0.05) is 24.0 Å². The summed E-state index contributed by atoms with van der Waals surface area (Å²) < 4.78 is 50.8. The average Bonchev–Trinajstić information content (AvgIpc) is 2.60. The molecule has 3 rings (SSSR count). The van der Waals surface area contributed by atoms with Crippen molar-refractivity contribution in [3.63, 3.8) is 0 Å². The maximum absolute atomic E-state index is 12.9. The third-order valence-electron chi connectivity index (χ3n) is 3.70. The molecule has 0 spiro atoms. The highest BCUT2D eigenvalue weighted by molar-refractivity contribution is 5.58. The maximum atomic E-state index is 12.9. The summed E-state index contributed by atoms with van der Waals surface area (Å²) in [5, 5.41) is 6.00. The Labute approximate surface area is 153 Å². The van der Waals surface area contributed by atoms with Crippen LogP contribution < -0.4 is 10.6 Å². The Bertz CT molecular complexity index is 906. The molecule has 3 aromatic rings. The molecule has 0 aliphatic heterocycles. The third-order valence-corrected chi connectivity index (χ3v) is 3.70. The predicted octanol–water partition coefficient (Wildman–Crippen LogP) is 5.30. The lowest BCUT2D eigenvalue weighted by atomic mass is 10.2. The van der Waals surface area contributed by atoms with Gasteiger partial charge in [0.1, 0.15) is 11.6 Å². The highest BCUT2D eigenvalue weighted by atomic mass is 19.4. The molecular formula is C19H16F4N4. The molecule has 27 heavy (non-hydrogen) atoms. The van der Waals surface area contributed by atoms with Crippen LogP contribution in [0.1, 0.15) is 16.8 Å². The van der Waals surface area contributed by atoms with Crippen LogP contribution in [-0.2, 0) is 12.7 Å². The largest absolute Gasteiger partial charge is 0.416 e. The van der Waals surface area contributed by atoms with Gasteiger partial charge < -0.3 is 10.6 Å². The molecule has 140 valence electrons. The molecule has 0 radical (unpaired) electrons. The summed E-state index contributed by atoms with van der Waals surface area (Å²) in [6.07, 6.45) is -4.37. The first-order chi connectivity index (χ1) is 12.8. The van der Waals surface area contributed by atoms with Crippen molar-refractivity contribution in [2.24, 2.45) is 0 Å². The molecular weight excluding hydrogens is 360 g/mol. The van der Waals surface area contributed by atoms with Gasteiger partial charge in [-0.15, -0.1) is 0 Å². The minimum atomic E-state index is -4.37. The summed E-state index contributed by atoms with van der Waals surface area (Å²) in [6, 6.07) is 12.4. The number of hydrogen-bond donors (Lipinski definition) is 2. The molecule has 0 unspecified atom stereocenters. The highest BCUT2D eigenvalue weighted by Gasteiger charge is 2.29. The van der Waals surface area contributed by atoms with E-state index < -0.39 is 11.7 Å². The molecule has 0 saturated heterocycles. The maximum Gasteiger partial charge on any atom is 0.416 e. The second-order valence-corrected chi connectivity index (χ2v) is 5.90. The zero-order chi connectivity index (χ0) is 19.4. The predicted molar refractivity (Wildman–Crippen MR) is 95.2 cm³/mol. The molecule has 2 N–H and O–H groups in total. The number of nitrogens with one attached hydrogen (secondary N) is 2. The smallest absolute Gasteiger partial charge is 0.350 e. The van der Waals surface area contributed by atoms with E-state index in [4.69, 9.17) is 0 Å². The Morgan fingerprint density at radius 2 is 1.59 bits per heavy atom. The van der Waals surface area contributed by atoms with Crippen molar-refractivity contribution in [3.8, 4) is 0 Å². The van der Waals surface area contributed by atoms with Crippen LogP contribution in [0.15, 0.2) is 54.6 Å². The first kappa shape index (κ1) is 18.6. The molecule has 0 bridgehead atoms. The average molecular weight is 376 g/mol. The Morgan fingerprint density at radius 3 is 2.22 bits per heavy atom. The van der Waals surface area contributed by atoms with Crippen molar-refractivity contribution in [1.82, 2.24) is 9.97 Å². The quantitative estimate of drug-likeness (QED) is 0.594. The summed E-state index contributed by atoms with van der Waals surface area (Å²) in [6.45, 7) is 2.19. The van der Waals surface area contributed by atoms with Gasteiger partial charge in [-0.1, -0.05) is 12.1 Å². The Balaban J connectivity index is 1.70. The van der Waals surface area contributed by atoms with Crippen molar-refractivity contribution >= 4 is 17.5 Å². The number of nitrogens with zero attached hydrogens (tertiary/aromatic N) is 2. The Morgan fingerprint density at radius 1 is 0.926 bits per heavy atom. The van der Waals surface area contributed by atoms with E-state index in [9.17, 15) is 17.6 Å². The Kier molecular flexibility index (Phi) is 5.25. The first-order valence-corrected chi connectivity index (χ1v) is 8.08. The SMILES string of the molecule is Cc1cc(Nc2ccc(C(F)(F)F)cc2)nc(NCc2ccc(F)cc2)n1. The van der Waals surface area contributed by atoms with Gasteiger partial charge in [0.25, 0.3) is 0 Å². The number of halogens is 4. The molecule has 0 amide bonds. The van der Waals surface area contributed by atoms with Gasteiger partial charge in [0.2, 0.25) is 5.95 Å². The van der Waals surface area contributed by atoms with Crippen LogP contribution in [-0.4, -0.2) is 9.97 Å². The van der Waals surface area contributed by atoms with Crippen molar-refractivity contribution in [2.75, 3.05) is 10.6 Å². The molecule has 8 heteroatoms. The standard InChI is InChI=1S/C19H16F4N4/c1-12-10-17(26-16-8-4-14(5-9-16)19(21,22)23)27-18(25-12)24-11-13-2-6-15(20)7-3-13/h2-10H,11H2,1H3,(H2,24,25,26,27). The van der Waals surface area contributed by atoms with Crippen LogP contribution in [0.25, 0.3) is 0 Å². The fourth-order valence-corrected chi connectivity index (χ4v) is 2.39. The van der Waals surface area contributed by atoms with E-state index in [0.29, 0.717) is 29.7 Å². The van der Waals surface area contributed by atoms with Crippen LogP contribution >= 0.6 is 0 Å². The van der Waals surface area contributed by atoms with Crippen molar-refractivity contribution < 1.29 is 17.6 Å². The van der Waals surface area contributed by atoms with Crippen molar-refractivity contribution in [2.45, 2.75) is 19.6 Å². The van der Waals surface area contributed by atoms with Gasteiger partial charge in [-0.05, 0) is 48.9 Å². The number of aromatic nitrogens is 2. The summed E-state index contributed by atoms with van der Waals surface area (Å²) in [5.74, 6) is 0.492. The van der Waals surface area contributed by atoms with Gasteiger partial charge in [0.15, 0.2) is 0 Å². The number of aryl methyl sites for hydroxylation is 1. The summed E-state index contributed by atoms with van der Waals surface area (Å²) >= 11 is 0. The van der Waals surface area contributed by atoms with Gasteiger partial charge >= 0.3 is 6.18 Å². The van der Waals surface area contributed by atoms with Gasteiger partial charge in [-0.3, -0.25) is 0 Å². The van der Waals surface area contributed by atoms with E-state index in [1.807, 2.05) is 0 Å². The van der Waals surface area contributed by atoms with Crippen LogP contribution in [0.2, 0.25) is 0 Å². The second kappa shape index (κ2) is 7.61. The van der Waals surface area contributed by atoms with E-state index in [1.165, 1.54) is 24.3 Å². The van der Waals surface area contributed by atoms with Gasteiger partial charge in [-0.2, -0.15) is 18.2 Å². The minimum Gasteiger partial charge on any atom is -0.350 e. The van der Waals surface area contributed by atoms with Crippen LogP contribution in [0, 0.1) is 12.7 Å². The molecule has 1 aromatic heterocycles. The second-order valence-electron chi connectivity index (χ2n) is 5.90. The lowest BCUT2D eigenvalue weighted by Gasteiger charge is -2.11. The van der Waals surface area contributed by atoms with E-state index in [-0.39, 0.29) is 5.82 Å². The first-order valence-electron chi connectivity index (χ1n) is 8.08. The fraction of sp³-hybridized carbons (Fsp3) is 0.158. The topological polar surface area (TPSA) is 49.8 Å². The number of rotatable bonds is 5. The number of alkyl halides is 3. The van der Waals surface area contributed by atoms with Crippen LogP contribution in [0.5, 0.6) is 0 Å². The van der Waals surface area contributed by atoms with Gasteiger partial charge in [0.05, 0.1) is 5.56 Å². The zero-order valence-corrected chi connectivity index (χ0v) is 14.3. The number of hydrogen-bond acceptors (Lipinski definition) is 4. The Hall–Kier alpha value is -3.16. The summed E-state index contributed by atoms with van der Waals surface area (Å²) in [5.41, 5.74) is 1.30. The fourth-order valence-electron chi connectivity index (χ4n) is 2.39. The monoisotopic (exact) mass is 376 g/mol. The van der Waals surface area contributed by atoms with Crippen molar-refractivity contribution in [3.05, 3.63) is 77.2 Å². The zero-order valence-electron chi connectivity index (χ0n) is 14.3. The molecule has 0 aliphatic carbocycles. The summed E-state index contributed by atoms with van der Waals surface area (Å²) in [7, 11) is 0. The number of benzene rings is 2. The lowest BCUT2D eigenvalue weighted by Crippen LogP contribution is -2.07. The highest BCUT2D eigenvalue weighted by Crippen LogP contribution is 2.30. The molecule has 0 atom stereocenters. The normalized spacial score (nSPS) is 11.3. The molecule has 0 fully saturated rings. The van der Waals surface area contributed by atoms with Crippen molar-refractivity contribution in [1.29, 1.82) is 0 Å². The van der Waals surface area contributed by atoms with Crippen LogP contribution in [0.4, 0.5) is 35.0 Å². The summed E-state index contributed by atoms with van der Waals surface area (Å²) in [4.78, 5) is 8.57. The third kappa shape index (κ3) is 5.16. The minimum absolute atomic E-state index is 0.311. The molecule has 0 aliphatic rings.